The maximum Gasteiger partial charge on any atom is 0.268 e. The molecule has 4 rings (SSSR count). The first kappa shape index (κ1) is 21.8. The number of carbonyl (C=O) groups excluding carboxylic acids is 1. The number of aryl methyl sites for hydroxylation is 1. The van der Waals surface area contributed by atoms with E-state index in [0.29, 0.717) is 24.2 Å². The van der Waals surface area contributed by atoms with Crippen molar-refractivity contribution in [3.8, 4) is 5.75 Å². The molecule has 0 unspecified atom stereocenters. The second-order valence-corrected chi connectivity index (χ2v) is 9.28. The van der Waals surface area contributed by atoms with Crippen LogP contribution in [0.2, 0.25) is 0 Å². The van der Waals surface area contributed by atoms with Crippen molar-refractivity contribution in [3.05, 3.63) is 89.2 Å². The number of anilines is 1. The predicted octanol–water partition coefficient (Wildman–Crippen LogP) is 3.91. The van der Waals surface area contributed by atoms with Gasteiger partial charge < -0.3 is 10.1 Å². The van der Waals surface area contributed by atoms with Crippen molar-refractivity contribution in [2.45, 2.75) is 24.3 Å². The zero-order chi connectivity index (χ0) is 22.7. The summed E-state index contributed by atoms with van der Waals surface area (Å²) in [6.07, 6.45) is 1.50. The highest BCUT2D eigenvalue weighted by Crippen LogP contribution is 2.35. The van der Waals surface area contributed by atoms with Gasteiger partial charge in [0.25, 0.3) is 15.9 Å². The number of carbonyl (C=O) groups is 1. The number of para-hydroxylation sites is 1. The zero-order valence-corrected chi connectivity index (χ0v) is 18.4. The molecule has 1 aliphatic rings. The number of benzene rings is 3. The van der Waals surface area contributed by atoms with Crippen LogP contribution in [0.25, 0.3) is 0 Å². The number of halogens is 1. The summed E-state index contributed by atoms with van der Waals surface area (Å²) in [6, 6.07) is 17.8. The van der Waals surface area contributed by atoms with E-state index >= 15 is 0 Å². The van der Waals surface area contributed by atoms with Crippen molar-refractivity contribution in [2.24, 2.45) is 0 Å². The first-order valence-electron chi connectivity index (χ1n) is 10.2. The summed E-state index contributed by atoms with van der Waals surface area (Å²) < 4.78 is 47.7. The van der Waals surface area contributed by atoms with Gasteiger partial charge in [0, 0.05) is 24.2 Å². The molecular weight excluding hydrogens is 431 g/mol. The molecule has 8 heteroatoms. The second kappa shape index (κ2) is 9.00. The Morgan fingerprint density at radius 2 is 1.84 bits per heavy atom. The van der Waals surface area contributed by atoms with Gasteiger partial charge in [0.05, 0.1) is 12.8 Å². The highest BCUT2D eigenvalue weighted by atomic mass is 32.2. The van der Waals surface area contributed by atoms with Crippen LogP contribution >= 0.6 is 0 Å². The molecular formula is C24H23FN2O4S. The van der Waals surface area contributed by atoms with Gasteiger partial charge in [-0.05, 0) is 48.7 Å². The molecule has 1 aliphatic heterocycles. The molecule has 0 saturated carbocycles. The van der Waals surface area contributed by atoms with E-state index in [2.05, 4.69) is 5.32 Å². The summed E-state index contributed by atoms with van der Waals surface area (Å²) in [7, 11) is -2.59. The fraction of sp³-hybridized carbons (Fsp3) is 0.208. The van der Waals surface area contributed by atoms with Crippen LogP contribution in [0.3, 0.4) is 0 Å². The largest absolute Gasteiger partial charge is 0.495 e. The molecule has 1 amide bonds. The van der Waals surface area contributed by atoms with E-state index in [9.17, 15) is 17.6 Å². The van der Waals surface area contributed by atoms with Crippen LogP contribution < -0.4 is 14.4 Å². The van der Waals surface area contributed by atoms with Crippen molar-refractivity contribution in [2.75, 3.05) is 18.0 Å². The topological polar surface area (TPSA) is 75.7 Å². The zero-order valence-electron chi connectivity index (χ0n) is 17.5. The van der Waals surface area contributed by atoms with Gasteiger partial charge in [0.15, 0.2) is 0 Å². The Hall–Kier alpha value is -3.39. The minimum absolute atomic E-state index is 0.0148. The van der Waals surface area contributed by atoms with Gasteiger partial charge in [-0.1, -0.05) is 36.4 Å². The number of methoxy groups -OCH3 is 1. The average molecular weight is 455 g/mol. The first-order chi connectivity index (χ1) is 15.4. The number of sulfonamides is 1. The van der Waals surface area contributed by atoms with E-state index in [1.54, 1.807) is 30.3 Å². The van der Waals surface area contributed by atoms with Crippen LogP contribution in [0, 0.1) is 5.82 Å². The van der Waals surface area contributed by atoms with Crippen molar-refractivity contribution in [1.82, 2.24) is 5.32 Å². The molecule has 1 heterocycles. The Labute approximate surface area is 186 Å². The summed E-state index contributed by atoms with van der Waals surface area (Å²) in [5, 5.41) is 2.64. The molecule has 6 nitrogen and oxygen atoms in total. The van der Waals surface area contributed by atoms with Gasteiger partial charge >= 0.3 is 0 Å². The van der Waals surface area contributed by atoms with E-state index in [-0.39, 0.29) is 22.8 Å². The average Bonchev–Trinajstić information content (AvgIpc) is 2.82. The minimum Gasteiger partial charge on any atom is -0.495 e. The summed E-state index contributed by atoms with van der Waals surface area (Å²) in [5.74, 6) is -0.778. The SMILES string of the molecule is COc1ccc(C(=O)NCc2ccccc2F)cc1S(=O)(=O)N1CCCc2ccccc21. The lowest BCUT2D eigenvalue weighted by Crippen LogP contribution is -2.35. The number of nitrogens with one attached hydrogen (secondary N) is 1. The molecule has 32 heavy (non-hydrogen) atoms. The predicted molar refractivity (Wildman–Crippen MR) is 120 cm³/mol. The molecule has 0 spiro atoms. The fourth-order valence-electron chi connectivity index (χ4n) is 3.81. The maximum absolute atomic E-state index is 13.8. The summed E-state index contributed by atoms with van der Waals surface area (Å²) >= 11 is 0. The molecule has 1 N–H and O–H groups in total. The van der Waals surface area contributed by atoms with Crippen molar-refractivity contribution in [1.29, 1.82) is 0 Å². The standard InChI is InChI=1S/C24H23FN2O4S/c1-31-22-13-12-18(24(28)26-16-19-8-2-4-10-20(19)25)15-23(22)32(29,30)27-14-6-9-17-7-3-5-11-21(17)27/h2-5,7-8,10-13,15H,6,9,14,16H2,1H3,(H,26,28). The third-order valence-corrected chi connectivity index (χ3v) is 7.29. The van der Waals surface area contributed by atoms with Gasteiger partial charge in [-0.2, -0.15) is 0 Å². The Morgan fingerprint density at radius 3 is 2.62 bits per heavy atom. The first-order valence-corrected chi connectivity index (χ1v) is 11.7. The Kier molecular flexibility index (Phi) is 6.14. The number of hydrogen-bond donors (Lipinski definition) is 1. The van der Waals surface area contributed by atoms with E-state index in [4.69, 9.17) is 4.74 Å². The highest BCUT2D eigenvalue weighted by molar-refractivity contribution is 7.93. The van der Waals surface area contributed by atoms with Crippen LogP contribution in [0.5, 0.6) is 5.75 Å². The molecule has 0 atom stereocenters. The molecule has 0 saturated heterocycles. The molecule has 3 aromatic rings. The van der Waals surface area contributed by atoms with Gasteiger partial charge in [-0.15, -0.1) is 0 Å². The normalized spacial score (nSPS) is 13.4. The second-order valence-electron chi connectivity index (χ2n) is 7.45. The van der Waals surface area contributed by atoms with Gasteiger partial charge in [0.2, 0.25) is 0 Å². The third kappa shape index (κ3) is 4.18. The number of amides is 1. The fourth-order valence-corrected chi connectivity index (χ4v) is 5.53. The quantitative estimate of drug-likeness (QED) is 0.613. The lowest BCUT2D eigenvalue weighted by molar-refractivity contribution is 0.0950. The number of fused-ring (bicyclic) bond motifs is 1. The lowest BCUT2D eigenvalue weighted by Gasteiger charge is -2.31. The number of nitrogens with zero attached hydrogens (tertiary/aromatic N) is 1. The highest BCUT2D eigenvalue weighted by Gasteiger charge is 2.32. The number of ether oxygens (including phenoxy) is 1. The Balaban J connectivity index is 1.65. The monoisotopic (exact) mass is 454 g/mol. The van der Waals surface area contributed by atoms with Crippen LogP contribution in [-0.2, 0) is 23.0 Å². The molecule has 166 valence electrons. The van der Waals surface area contributed by atoms with Crippen LogP contribution in [0.1, 0.15) is 27.9 Å². The third-order valence-electron chi connectivity index (χ3n) is 5.46. The van der Waals surface area contributed by atoms with Crippen LogP contribution in [0.15, 0.2) is 71.6 Å². The minimum atomic E-state index is -3.98. The Morgan fingerprint density at radius 1 is 1.09 bits per heavy atom. The van der Waals surface area contributed by atoms with E-state index < -0.39 is 21.7 Å². The molecule has 3 aromatic carbocycles. The van der Waals surface area contributed by atoms with Gasteiger partial charge in [0.1, 0.15) is 16.5 Å². The van der Waals surface area contributed by atoms with Crippen molar-refractivity contribution >= 4 is 21.6 Å². The van der Waals surface area contributed by atoms with Crippen molar-refractivity contribution in [3.63, 3.8) is 0 Å². The van der Waals surface area contributed by atoms with E-state index in [1.165, 1.54) is 35.7 Å². The number of rotatable bonds is 6. The van der Waals surface area contributed by atoms with Crippen molar-refractivity contribution < 1.29 is 22.3 Å². The smallest absolute Gasteiger partial charge is 0.268 e. The Bertz CT molecular complexity index is 1260. The molecule has 0 bridgehead atoms. The summed E-state index contributed by atoms with van der Waals surface area (Å²) in [6.45, 7) is 0.325. The van der Waals surface area contributed by atoms with Gasteiger partial charge in [-0.25, -0.2) is 12.8 Å². The van der Waals surface area contributed by atoms with Crippen LogP contribution in [-0.4, -0.2) is 28.0 Å². The summed E-state index contributed by atoms with van der Waals surface area (Å²) in [5.41, 5.74) is 2.08. The van der Waals surface area contributed by atoms with Gasteiger partial charge in [-0.3, -0.25) is 9.10 Å². The molecule has 0 radical (unpaired) electrons. The van der Waals surface area contributed by atoms with E-state index in [1.807, 2.05) is 12.1 Å². The molecule has 0 aliphatic carbocycles. The molecule has 0 fully saturated rings. The van der Waals surface area contributed by atoms with E-state index in [0.717, 1.165) is 12.0 Å². The maximum atomic E-state index is 13.8. The lowest BCUT2D eigenvalue weighted by atomic mass is 10.0. The molecule has 0 aromatic heterocycles. The number of hydrogen-bond acceptors (Lipinski definition) is 4. The summed E-state index contributed by atoms with van der Waals surface area (Å²) in [4.78, 5) is 12.6. The van der Waals surface area contributed by atoms with Crippen LogP contribution in [0.4, 0.5) is 10.1 Å².